The van der Waals surface area contributed by atoms with Crippen LogP contribution in [-0.4, -0.2) is 26.3 Å². The van der Waals surface area contributed by atoms with E-state index in [1.165, 1.54) is 37.7 Å². The van der Waals surface area contributed by atoms with Crippen LogP contribution in [0.1, 0.15) is 49.3 Å². The summed E-state index contributed by atoms with van der Waals surface area (Å²) in [6, 6.07) is 16.7. The van der Waals surface area contributed by atoms with Crippen LogP contribution in [0.4, 0.5) is 11.8 Å². The Morgan fingerprint density at radius 2 is 1.68 bits per heavy atom. The summed E-state index contributed by atoms with van der Waals surface area (Å²) in [5.74, 6) is 2.89. The number of hydrogen-bond donors (Lipinski definition) is 2. The Morgan fingerprint density at radius 1 is 0.853 bits per heavy atom. The van der Waals surface area contributed by atoms with Crippen molar-refractivity contribution in [1.29, 1.82) is 0 Å². The van der Waals surface area contributed by atoms with E-state index in [2.05, 4.69) is 27.3 Å². The summed E-state index contributed by atoms with van der Waals surface area (Å²) in [7, 11) is 0. The van der Waals surface area contributed by atoms with E-state index in [-0.39, 0.29) is 6.79 Å². The lowest BCUT2D eigenvalue weighted by Gasteiger charge is -2.23. The number of aromatic nitrogens is 4. The standard InChI is InChI=1S/C26H28N6O2/c1-3-7-18(8-4-1)14-27-24-23-25(32(16-29-23)20-9-5-2-6-10-20)31-26(30-24)28-15-19-11-12-21-22(13-19)34-17-33-21/h1,3-4,7-8,11-13,16,20H,2,5-6,9-10,14-15,17H2,(H2,27,28,30,31). The predicted octanol–water partition coefficient (Wildman–Crippen LogP) is 5.28. The maximum absolute atomic E-state index is 5.51. The second kappa shape index (κ2) is 9.21. The third-order valence-corrected chi connectivity index (χ3v) is 6.58. The molecule has 2 aliphatic rings. The number of nitrogens with one attached hydrogen (secondary N) is 2. The second-order valence-electron chi connectivity index (χ2n) is 8.89. The van der Waals surface area contributed by atoms with Gasteiger partial charge in [0.15, 0.2) is 28.5 Å². The number of anilines is 2. The van der Waals surface area contributed by atoms with E-state index in [1.807, 2.05) is 42.7 Å². The molecule has 2 aromatic heterocycles. The van der Waals surface area contributed by atoms with Crippen molar-refractivity contribution in [2.45, 2.75) is 51.2 Å². The van der Waals surface area contributed by atoms with E-state index >= 15 is 0 Å². The fourth-order valence-corrected chi connectivity index (χ4v) is 4.76. The smallest absolute Gasteiger partial charge is 0.231 e. The highest BCUT2D eigenvalue weighted by molar-refractivity contribution is 5.84. The maximum Gasteiger partial charge on any atom is 0.231 e. The Balaban J connectivity index is 1.29. The molecular weight excluding hydrogens is 428 g/mol. The first-order valence-corrected chi connectivity index (χ1v) is 12.0. The van der Waals surface area contributed by atoms with Gasteiger partial charge in [-0.1, -0.05) is 55.7 Å². The molecule has 1 aliphatic carbocycles. The Labute approximate surface area is 198 Å². The van der Waals surface area contributed by atoms with Gasteiger partial charge in [-0.25, -0.2) is 4.98 Å². The van der Waals surface area contributed by atoms with E-state index in [9.17, 15) is 0 Å². The average Bonchev–Trinajstić information content (AvgIpc) is 3.54. The molecule has 3 heterocycles. The fraction of sp³-hybridized carbons (Fsp3) is 0.346. The Morgan fingerprint density at radius 3 is 2.56 bits per heavy atom. The van der Waals surface area contributed by atoms with Crippen LogP contribution in [0.3, 0.4) is 0 Å². The lowest BCUT2D eigenvalue weighted by Crippen LogP contribution is -2.13. The number of benzene rings is 2. The zero-order chi connectivity index (χ0) is 22.7. The van der Waals surface area contributed by atoms with Crippen molar-refractivity contribution in [3.05, 3.63) is 66.0 Å². The van der Waals surface area contributed by atoms with Crippen LogP contribution in [-0.2, 0) is 13.1 Å². The molecule has 1 saturated carbocycles. The molecule has 0 radical (unpaired) electrons. The van der Waals surface area contributed by atoms with E-state index in [1.54, 1.807) is 0 Å². The van der Waals surface area contributed by atoms with Gasteiger partial charge in [0.1, 0.15) is 0 Å². The number of hydrogen-bond acceptors (Lipinski definition) is 7. The fourth-order valence-electron chi connectivity index (χ4n) is 4.76. The van der Waals surface area contributed by atoms with Gasteiger partial charge in [0.2, 0.25) is 12.7 Å². The average molecular weight is 457 g/mol. The first-order chi connectivity index (χ1) is 16.8. The molecule has 8 heteroatoms. The van der Waals surface area contributed by atoms with Gasteiger partial charge in [-0.2, -0.15) is 9.97 Å². The lowest BCUT2D eigenvalue weighted by atomic mass is 9.95. The molecule has 1 fully saturated rings. The Hall–Kier alpha value is -3.81. The summed E-state index contributed by atoms with van der Waals surface area (Å²) >= 11 is 0. The Bertz CT molecular complexity index is 1280. The molecule has 0 saturated heterocycles. The van der Waals surface area contributed by atoms with Gasteiger partial charge in [0.25, 0.3) is 0 Å². The monoisotopic (exact) mass is 456 g/mol. The normalized spacial score (nSPS) is 15.5. The third-order valence-electron chi connectivity index (χ3n) is 6.58. The van der Waals surface area contributed by atoms with Crippen LogP contribution in [0.25, 0.3) is 11.2 Å². The second-order valence-corrected chi connectivity index (χ2v) is 8.89. The van der Waals surface area contributed by atoms with Crippen molar-refractivity contribution in [1.82, 2.24) is 19.5 Å². The highest BCUT2D eigenvalue weighted by Gasteiger charge is 2.21. The first kappa shape index (κ1) is 20.8. The third kappa shape index (κ3) is 4.23. The van der Waals surface area contributed by atoms with Gasteiger partial charge in [-0.05, 0) is 36.1 Å². The number of ether oxygens (including phenoxy) is 2. The van der Waals surface area contributed by atoms with Crippen molar-refractivity contribution in [3.8, 4) is 11.5 Å². The molecule has 0 spiro atoms. The summed E-state index contributed by atoms with van der Waals surface area (Å²) in [5.41, 5.74) is 3.96. The summed E-state index contributed by atoms with van der Waals surface area (Å²) in [6.45, 7) is 1.52. The number of fused-ring (bicyclic) bond motifs is 2. The number of rotatable bonds is 7. The molecule has 0 bridgehead atoms. The quantitative estimate of drug-likeness (QED) is 0.391. The van der Waals surface area contributed by atoms with E-state index in [4.69, 9.17) is 24.4 Å². The molecule has 1 aliphatic heterocycles. The van der Waals surface area contributed by atoms with Gasteiger partial charge < -0.3 is 24.7 Å². The van der Waals surface area contributed by atoms with Crippen LogP contribution < -0.4 is 20.1 Å². The largest absolute Gasteiger partial charge is 0.454 e. The van der Waals surface area contributed by atoms with Gasteiger partial charge in [-0.3, -0.25) is 0 Å². The van der Waals surface area contributed by atoms with Crippen molar-refractivity contribution >= 4 is 22.9 Å². The molecular formula is C26H28N6O2. The van der Waals surface area contributed by atoms with Gasteiger partial charge in [0, 0.05) is 19.1 Å². The van der Waals surface area contributed by atoms with Crippen molar-refractivity contribution in [3.63, 3.8) is 0 Å². The highest BCUT2D eigenvalue weighted by atomic mass is 16.7. The number of nitrogens with zero attached hydrogens (tertiary/aromatic N) is 4. The topological polar surface area (TPSA) is 86.1 Å². The molecule has 2 N–H and O–H groups in total. The molecule has 34 heavy (non-hydrogen) atoms. The van der Waals surface area contributed by atoms with Crippen molar-refractivity contribution < 1.29 is 9.47 Å². The van der Waals surface area contributed by atoms with E-state index in [0.29, 0.717) is 25.1 Å². The van der Waals surface area contributed by atoms with Gasteiger partial charge in [-0.15, -0.1) is 0 Å². The molecule has 0 unspecified atom stereocenters. The lowest BCUT2D eigenvalue weighted by molar-refractivity contribution is 0.174. The van der Waals surface area contributed by atoms with Gasteiger partial charge >= 0.3 is 0 Å². The number of imidazole rings is 1. The van der Waals surface area contributed by atoms with Crippen LogP contribution in [0.2, 0.25) is 0 Å². The predicted molar refractivity (Wildman–Crippen MR) is 131 cm³/mol. The minimum atomic E-state index is 0.271. The summed E-state index contributed by atoms with van der Waals surface area (Å²) < 4.78 is 13.2. The molecule has 4 aromatic rings. The van der Waals surface area contributed by atoms with Crippen LogP contribution in [0, 0.1) is 0 Å². The molecule has 0 amide bonds. The summed E-state index contributed by atoms with van der Waals surface area (Å²) in [4.78, 5) is 14.4. The highest BCUT2D eigenvalue weighted by Crippen LogP contribution is 2.34. The summed E-state index contributed by atoms with van der Waals surface area (Å²) in [6.07, 6.45) is 8.09. The van der Waals surface area contributed by atoms with Crippen LogP contribution >= 0.6 is 0 Å². The maximum atomic E-state index is 5.51. The molecule has 8 nitrogen and oxygen atoms in total. The Kier molecular flexibility index (Phi) is 5.63. The van der Waals surface area contributed by atoms with E-state index < -0.39 is 0 Å². The van der Waals surface area contributed by atoms with Crippen LogP contribution in [0.5, 0.6) is 11.5 Å². The first-order valence-electron chi connectivity index (χ1n) is 12.0. The van der Waals surface area contributed by atoms with Crippen molar-refractivity contribution in [2.24, 2.45) is 0 Å². The SMILES string of the molecule is c1ccc(CNc2nc(NCc3ccc4c(c3)OCO4)nc3c2ncn3C2CCCCC2)cc1. The van der Waals surface area contributed by atoms with Crippen LogP contribution in [0.15, 0.2) is 54.9 Å². The molecule has 6 rings (SSSR count). The van der Waals surface area contributed by atoms with E-state index in [0.717, 1.165) is 34.0 Å². The zero-order valence-corrected chi connectivity index (χ0v) is 19.0. The van der Waals surface area contributed by atoms with Crippen molar-refractivity contribution in [2.75, 3.05) is 17.4 Å². The summed E-state index contributed by atoms with van der Waals surface area (Å²) in [5, 5.41) is 6.89. The zero-order valence-electron chi connectivity index (χ0n) is 19.0. The molecule has 174 valence electrons. The molecule has 2 aromatic carbocycles. The minimum absolute atomic E-state index is 0.271. The molecule has 0 atom stereocenters. The minimum Gasteiger partial charge on any atom is -0.454 e. The van der Waals surface area contributed by atoms with Gasteiger partial charge in [0.05, 0.1) is 6.33 Å².